The Morgan fingerprint density at radius 2 is 2.27 bits per heavy atom. The van der Waals surface area contributed by atoms with Gasteiger partial charge in [-0.05, 0) is 32.1 Å². The smallest absolute Gasteiger partial charge is 0.143 e. The molecule has 1 atom stereocenters. The van der Waals surface area contributed by atoms with Gasteiger partial charge in [-0.2, -0.15) is 0 Å². The van der Waals surface area contributed by atoms with Crippen LogP contribution in [0, 0.1) is 0 Å². The molecule has 0 saturated heterocycles. The Kier molecular flexibility index (Phi) is 2.28. The number of rotatable bonds is 3. The van der Waals surface area contributed by atoms with Gasteiger partial charge in [-0.25, -0.2) is 0 Å². The summed E-state index contributed by atoms with van der Waals surface area (Å²) in [6.45, 7) is 3.14. The Bertz CT molecular complexity index is 355. The van der Waals surface area contributed by atoms with Crippen molar-refractivity contribution < 1.29 is 4.52 Å². The highest BCUT2D eigenvalue weighted by atomic mass is 16.5. The van der Waals surface area contributed by atoms with E-state index < -0.39 is 0 Å². The van der Waals surface area contributed by atoms with E-state index in [1.165, 1.54) is 31.2 Å². The molecule has 3 heteroatoms. The highest BCUT2D eigenvalue weighted by Crippen LogP contribution is 2.33. The van der Waals surface area contributed by atoms with Crippen molar-refractivity contribution in [2.75, 3.05) is 0 Å². The lowest BCUT2D eigenvalue weighted by Gasteiger charge is -2.16. The second kappa shape index (κ2) is 3.63. The molecule has 2 aliphatic carbocycles. The molecule has 2 aliphatic rings. The van der Waals surface area contributed by atoms with E-state index in [9.17, 15) is 0 Å². The van der Waals surface area contributed by atoms with E-state index in [1.807, 2.05) is 0 Å². The summed E-state index contributed by atoms with van der Waals surface area (Å²) in [6, 6.07) is 0.748. The van der Waals surface area contributed by atoms with Crippen molar-refractivity contribution in [1.82, 2.24) is 10.5 Å². The van der Waals surface area contributed by atoms with Crippen LogP contribution in [-0.4, -0.2) is 11.2 Å². The third-order valence-corrected chi connectivity index (χ3v) is 3.55. The van der Waals surface area contributed by atoms with E-state index in [2.05, 4.69) is 17.4 Å². The van der Waals surface area contributed by atoms with Crippen molar-refractivity contribution in [1.29, 1.82) is 0 Å². The topological polar surface area (TPSA) is 38.1 Å². The van der Waals surface area contributed by atoms with Crippen LogP contribution < -0.4 is 5.32 Å². The Labute approximate surface area is 90.2 Å². The number of hydrogen-bond acceptors (Lipinski definition) is 3. The molecular formula is C12H18N2O. The van der Waals surface area contributed by atoms with E-state index >= 15 is 0 Å². The lowest BCUT2D eigenvalue weighted by atomic mass is 9.89. The summed E-state index contributed by atoms with van der Waals surface area (Å²) in [6.07, 6.45) is 6.35. The normalized spacial score (nSPS) is 25.3. The molecule has 1 N–H and O–H groups in total. The van der Waals surface area contributed by atoms with Gasteiger partial charge in [0.2, 0.25) is 0 Å². The van der Waals surface area contributed by atoms with Crippen molar-refractivity contribution >= 4 is 0 Å². The van der Waals surface area contributed by atoms with E-state index in [0.29, 0.717) is 5.92 Å². The summed E-state index contributed by atoms with van der Waals surface area (Å²) in [5.74, 6) is 1.71. The third kappa shape index (κ3) is 1.81. The van der Waals surface area contributed by atoms with Gasteiger partial charge in [-0.3, -0.25) is 0 Å². The molecule has 1 unspecified atom stereocenters. The van der Waals surface area contributed by atoms with Gasteiger partial charge in [0.05, 0.1) is 0 Å². The molecule has 3 rings (SSSR count). The van der Waals surface area contributed by atoms with Crippen LogP contribution in [0.1, 0.15) is 55.5 Å². The van der Waals surface area contributed by atoms with Crippen molar-refractivity contribution in [3.8, 4) is 0 Å². The maximum absolute atomic E-state index is 5.46. The molecule has 0 bridgehead atoms. The summed E-state index contributed by atoms with van der Waals surface area (Å²) in [4.78, 5) is 0. The van der Waals surface area contributed by atoms with E-state index in [-0.39, 0.29) is 0 Å². The number of nitrogens with one attached hydrogen (secondary N) is 1. The van der Waals surface area contributed by atoms with Gasteiger partial charge in [-0.1, -0.05) is 12.1 Å². The summed E-state index contributed by atoms with van der Waals surface area (Å²) >= 11 is 0. The Balaban J connectivity index is 1.76. The molecular weight excluding hydrogens is 188 g/mol. The average molecular weight is 206 g/mol. The molecule has 3 nitrogen and oxygen atoms in total. The molecule has 0 aromatic carbocycles. The largest absolute Gasteiger partial charge is 0.361 e. The predicted octanol–water partition coefficient (Wildman–Crippen LogP) is 2.37. The molecule has 0 spiro atoms. The zero-order chi connectivity index (χ0) is 10.3. The van der Waals surface area contributed by atoms with Crippen LogP contribution in [0.2, 0.25) is 0 Å². The fourth-order valence-corrected chi connectivity index (χ4v) is 2.40. The molecule has 1 fully saturated rings. The maximum atomic E-state index is 5.46. The Morgan fingerprint density at radius 1 is 1.40 bits per heavy atom. The fourth-order valence-electron chi connectivity index (χ4n) is 2.40. The van der Waals surface area contributed by atoms with E-state index in [4.69, 9.17) is 4.52 Å². The SMILES string of the molecule is CC1CCCc2c(CNC3CC3)noc21. The van der Waals surface area contributed by atoms with Gasteiger partial charge in [0.15, 0.2) is 0 Å². The van der Waals surface area contributed by atoms with Crippen LogP contribution in [0.4, 0.5) is 0 Å². The minimum Gasteiger partial charge on any atom is -0.361 e. The highest BCUT2D eigenvalue weighted by molar-refractivity contribution is 5.27. The minimum absolute atomic E-state index is 0.566. The molecule has 1 aromatic heterocycles. The summed E-state index contributed by atoms with van der Waals surface area (Å²) in [5, 5.41) is 7.71. The zero-order valence-electron chi connectivity index (χ0n) is 9.25. The van der Waals surface area contributed by atoms with E-state index in [1.54, 1.807) is 0 Å². The number of nitrogens with zero attached hydrogens (tertiary/aromatic N) is 1. The van der Waals surface area contributed by atoms with Crippen LogP contribution in [-0.2, 0) is 13.0 Å². The zero-order valence-corrected chi connectivity index (χ0v) is 9.25. The Hall–Kier alpha value is -0.830. The first-order valence-corrected chi connectivity index (χ1v) is 6.05. The molecule has 0 radical (unpaired) electrons. The monoisotopic (exact) mass is 206 g/mol. The van der Waals surface area contributed by atoms with Crippen LogP contribution in [0.3, 0.4) is 0 Å². The first kappa shape index (κ1) is 9.40. The minimum atomic E-state index is 0.566. The van der Waals surface area contributed by atoms with Gasteiger partial charge in [-0.15, -0.1) is 0 Å². The lowest BCUT2D eigenvalue weighted by molar-refractivity contribution is 0.344. The standard InChI is InChI=1S/C12H18N2O/c1-8-3-2-4-10-11(14-15-12(8)10)7-13-9-5-6-9/h8-9,13H,2-7H2,1H3. The fraction of sp³-hybridized carbons (Fsp3) is 0.750. The molecule has 1 heterocycles. The number of fused-ring (bicyclic) bond motifs is 1. The third-order valence-electron chi connectivity index (χ3n) is 3.55. The lowest BCUT2D eigenvalue weighted by Crippen LogP contribution is -2.17. The van der Waals surface area contributed by atoms with Crippen molar-refractivity contribution in [3.63, 3.8) is 0 Å². The van der Waals surface area contributed by atoms with Crippen molar-refractivity contribution in [2.24, 2.45) is 0 Å². The molecule has 0 aliphatic heterocycles. The van der Waals surface area contributed by atoms with Crippen molar-refractivity contribution in [3.05, 3.63) is 17.0 Å². The second-order valence-electron chi connectivity index (χ2n) is 4.92. The number of aromatic nitrogens is 1. The highest BCUT2D eigenvalue weighted by Gasteiger charge is 2.26. The van der Waals surface area contributed by atoms with Gasteiger partial charge in [0.25, 0.3) is 0 Å². The quantitative estimate of drug-likeness (QED) is 0.825. The molecule has 1 saturated carbocycles. The first-order chi connectivity index (χ1) is 7.34. The van der Waals surface area contributed by atoms with Crippen LogP contribution in [0.5, 0.6) is 0 Å². The van der Waals surface area contributed by atoms with Crippen LogP contribution >= 0.6 is 0 Å². The summed E-state index contributed by atoms with van der Waals surface area (Å²) in [5.41, 5.74) is 2.55. The van der Waals surface area contributed by atoms with Gasteiger partial charge >= 0.3 is 0 Å². The van der Waals surface area contributed by atoms with Crippen molar-refractivity contribution in [2.45, 2.75) is 57.5 Å². The molecule has 15 heavy (non-hydrogen) atoms. The average Bonchev–Trinajstić information content (AvgIpc) is 2.97. The summed E-state index contributed by atoms with van der Waals surface area (Å²) < 4.78 is 5.46. The number of hydrogen-bond donors (Lipinski definition) is 1. The van der Waals surface area contributed by atoms with Gasteiger partial charge in [0, 0.05) is 24.1 Å². The van der Waals surface area contributed by atoms with Crippen LogP contribution in [0.25, 0.3) is 0 Å². The van der Waals surface area contributed by atoms with Crippen LogP contribution in [0.15, 0.2) is 4.52 Å². The van der Waals surface area contributed by atoms with Gasteiger partial charge in [0.1, 0.15) is 11.5 Å². The predicted molar refractivity (Wildman–Crippen MR) is 57.7 cm³/mol. The molecule has 0 amide bonds. The summed E-state index contributed by atoms with van der Waals surface area (Å²) in [7, 11) is 0. The van der Waals surface area contributed by atoms with Gasteiger partial charge < -0.3 is 9.84 Å². The first-order valence-electron chi connectivity index (χ1n) is 6.05. The Morgan fingerprint density at radius 3 is 3.07 bits per heavy atom. The molecule has 82 valence electrons. The van der Waals surface area contributed by atoms with E-state index in [0.717, 1.165) is 30.5 Å². The second-order valence-corrected chi connectivity index (χ2v) is 4.92. The maximum Gasteiger partial charge on any atom is 0.143 e. The molecule has 1 aromatic rings.